The summed E-state index contributed by atoms with van der Waals surface area (Å²) in [5.41, 5.74) is 14.9. The van der Waals surface area contributed by atoms with E-state index in [0.29, 0.717) is 17.0 Å². The maximum atomic E-state index is 12.3. The Hall–Kier alpha value is -3.25. The second-order valence-electron chi connectivity index (χ2n) is 7.27. The van der Waals surface area contributed by atoms with Crippen LogP contribution in [0.2, 0.25) is 0 Å². The topological polar surface area (TPSA) is 132 Å². The fourth-order valence-electron chi connectivity index (χ4n) is 2.77. The lowest BCUT2D eigenvalue weighted by Crippen LogP contribution is -2.14. The molecule has 31 heavy (non-hydrogen) atoms. The number of rotatable bonds is 5. The van der Waals surface area contributed by atoms with Crippen molar-refractivity contribution in [1.82, 2.24) is 9.97 Å². The standard InChI is InChI=1S/C23H24N4O3S/c1-15(2)31(29,30)19-10-8-18(9-11-19)22-13-26-23(25)21(27-22)12-5-16-3-6-17(7-4-16)20(24)14-28/h3-4,6-11,13,15,20,28H,14,24H2,1-2H3,(H2,25,26). The quantitative estimate of drug-likeness (QED) is 0.523. The Bertz CT molecular complexity index is 1230. The molecule has 0 bridgehead atoms. The number of sulfone groups is 1. The summed E-state index contributed by atoms with van der Waals surface area (Å²) in [6.45, 7) is 3.16. The van der Waals surface area contributed by atoms with Gasteiger partial charge >= 0.3 is 0 Å². The Morgan fingerprint density at radius 3 is 2.26 bits per heavy atom. The molecule has 5 N–H and O–H groups in total. The number of hydrogen-bond donors (Lipinski definition) is 3. The number of nitrogens with zero attached hydrogens (tertiary/aromatic N) is 2. The van der Waals surface area contributed by atoms with E-state index in [2.05, 4.69) is 21.8 Å². The van der Waals surface area contributed by atoms with Gasteiger partial charge in [-0.2, -0.15) is 0 Å². The van der Waals surface area contributed by atoms with Crippen molar-refractivity contribution in [3.8, 4) is 23.1 Å². The molecule has 0 fully saturated rings. The van der Waals surface area contributed by atoms with E-state index in [9.17, 15) is 8.42 Å². The summed E-state index contributed by atoms with van der Waals surface area (Å²) < 4.78 is 24.6. The lowest BCUT2D eigenvalue weighted by molar-refractivity contribution is 0.268. The molecule has 160 valence electrons. The minimum atomic E-state index is -3.34. The Balaban J connectivity index is 1.87. The van der Waals surface area contributed by atoms with Crippen LogP contribution in [0.3, 0.4) is 0 Å². The first-order chi connectivity index (χ1) is 14.7. The van der Waals surface area contributed by atoms with E-state index in [0.717, 1.165) is 11.1 Å². The van der Waals surface area contributed by atoms with Gasteiger partial charge in [-0.05, 0) is 49.6 Å². The summed E-state index contributed by atoms with van der Waals surface area (Å²) in [4.78, 5) is 8.91. The van der Waals surface area contributed by atoms with Crippen molar-refractivity contribution >= 4 is 15.7 Å². The molecule has 2 aromatic carbocycles. The molecule has 8 heteroatoms. The molecule has 0 aliphatic heterocycles. The molecular weight excluding hydrogens is 412 g/mol. The minimum Gasteiger partial charge on any atom is -0.394 e. The molecule has 0 radical (unpaired) electrons. The van der Waals surface area contributed by atoms with Crippen LogP contribution in [-0.4, -0.2) is 35.3 Å². The van der Waals surface area contributed by atoms with Crippen LogP contribution in [0.5, 0.6) is 0 Å². The highest BCUT2D eigenvalue weighted by atomic mass is 32.2. The van der Waals surface area contributed by atoms with E-state index >= 15 is 0 Å². The third kappa shape index (κ3) is 5.09. The van der Waals surface area contributed by atoms with Crippen LogP contribution in [0.4, 0.5) is 5.82 Å². The van der Waals surface area contributed by atoms with Crippen LogP contribution in [0.25, 0.3) is 11.3 Å². The highest BCUT2D eigenvalue weighted by Gasteiger charge is 2.19. The average molecular weight is 437 g/mol. The van der Waals surface area contributed by atoms with Gasteiger partial charge in [0, 0.05) is 11.1 Å². The zero-order chi connectivity index (χ0) is 22.6. The van der Waals surface area contributed by atoms with Gasteiger partial charge in [0.2, 0.25) is 0 Å². The van der Waals surface area contributed by atoms with Gasteiger partial charge in [-0.15, -0.1) is 0 Å². The van der Waals surface area contributed by atoms with E-state index in [4.69, 9.17) is 16.6 Å². The fourth-order valence-corrected chi connectivity index (χ4v) is 3.83. The first kappa shape index (κ1) is 22.4. The first-order valence-corrected chi connectivity index (χ1v) is 11.2. The number of aliphatic hydroxyl groups is 1. The SMILES string of the molecule is CC(C)S(=O)(=O)c1ccc(-c2cnc(N)c(C#Cc3ccc(C(N)CO)cc3)n2)cc1. The van der Waals surface area contributed by atoms with Crippen molar-refractivity contribution in [1.29, 1.82) is 0 Å². The average Bonchev–Trinajstić information content (AvgIpc) is 2.78. The van der Waals surface area contributed by atoms with Gasteiger partial charge in [0.25, 0.3) is 0 Å². The van der Waals surface area contributed by atoms with Crippen molar-refractivity contribution in [2.75, 3.05) is 12.3 Å². The third-order valence-electron chi connectivity index (χ3n) is 4.76. The Kier molecular flexibility index (Phi) is 6.71. The molecular formula is C23H24N4O3S. The van der Waals surface area contributed by atoms with Gasteiger partial charge in [-0.25, -0.2) is 18.4 Å². The van der Waals surface area contributed by atoms with Crippen LogP contribution in [-0.2, 0) is 9.84 Å². The van der Waals surface area contributed by atoms with Crippen molar-refractivity contribution in [3.05, 3.63) is 71.5 Å². The van der Waals surface area contributed by atoms with Gasteiger partial charge in [0.05, 0.1) is 34.7 Å². The van der Waals surface area contributed by atoms with Gasteiger partial charge in [0.1, 0.15) is 0 Å². The Morgan fingerprint density at radius 1 is 1.03 bits per heavy atom. The van der Waals surface area contributed by atoms with Crippen LogP contribution in [0.15, 0.2) is 59.6 Å². The third-order valence-corrected chi connectivity index (χ3v) is 6.93. The zero-order valence-corrected chi connectivity index (χ0v) is 18.1. The Morgan fingerprint density at radius 2 is 1.68 bits per heavy atom. The van der Waals surface area contributed by atoms with E-state index in [1.54, 1.807) is 50.2 Å². The van der Waals surface area contributed by atoms with Crippen molar-refractivity contribution in [2.24, 2.45) is 5.73 Å². The van der Waals surface area contributed by atoms with Crippen molar-refractivity contribution in [3.63, 3.8) is 0 Å². The van der Waals surface area contributed by atoms with E-state index in [1.165, 1.54) is 6.20 Å². The smallest absolute Gasteiger partial charge is 0.180 e. The van der Waals surface area contributed by atoms with E-state index in [1.807, 2.05) is 12.1 Å². The summed E-state index contributed by atoms with van der Waals surface area (Å²) >= 11 is 0. The zero-order valence-electron chi connectivity index (χ0n) is 17.3. The maximum Gasteiger partial charge on any atom is 0.180 e. The van der Waals surface area contributed by atoms with E-state index < -0.39 is 21.1 Å². The number of hydrogen-bond acceptors (Lipinski definition) is 7. The van der Waals surface area contributed by atoms with Crippen LogP contribution < -0.4 is 11.5 Å². The lowest BCUT2D eigenvalue weighted by Gasteiger charge is -2.09. The Labute approximate surface area is 182 Å². The molecule has 3 rings (SSSR count). The van der Waals surface area contributed by atoms with Gasteiger partial charge in [0.15, 0.2) is 21.3 Å². The lowest BCUT2D eigenvalue weighted by atomic mass is 10.1. The van der Waals surface area contributed by atoms with Crippen molar-refractivity contribution < 1.29 is 13.5 Å². The summed E-state index contributed by atoms with van der Waals surface area (Å²) in [5, 5.41) is 8.63. The molecule has 0 spiro atoms. The van der Waals surface area contributed by atoms with Crippen LogP contribution >= 0.6 is 0 Å². The fraction of sp³-hybridized carbons (Fsp3) is 0.217. The number of benzene rings is 2. The number of nitrogen functional groups attached to an aromatic ring is 1. The molecule has 0 saturated carbocycles. The molecule has 7 nitrogen and oxygen atoms in total. The molecule has 0 aliphatic carbocycles. The second-order valence-corrected chi connectivity index (χ2v) is 9.77. The normalized spacial score (nSPS) is 12.3. The molecule has 1 unspecified atom stereocenters. The summed E-state index contributed by atoms with van der Waals surface area (Å²) in [6.07, 6.45) is 1.53. The van der Waals surface area contributed by atoms with Gasteiger partial charge in [-0.3, -0.25) is 0 Å². The van der Waals surface area contributed by atoms with Crippen LogP contribution in [0.1, 0.15) is 36.7 Å². The minimum absolute atomic E-state index is 0.131. The summed E-state index contributed by atoms with van der Waals surface area (Å²) in [6, 6.07) is 13.3. The number of aliphatic hydroxyl groups excluding tert-OH is 1. The molecule has 0 saturated heterocycles. The second kappa shape index (κ2) is 9.27. The maximum absolute atomic E-state index is 12.3. The number of nitrogens with two attached hydrogens (primary N) is 2. The summed E-state index contributed by atoms with van der Waals surface area (Å²) in [7, 11) is -3.34. The number of aromatic nitrogens is 2. The predicted octanol–water partition coefficient (Wildman–Crippen LogP) is 2.30. The largest absolute Gasteiger partial charge is 0.394 e. The van der Waals surface area contributed by atoms with Crippen LogP contribution in [0, 0.1) is 11.8 Å². The van der Waals surface area contributed by atoms with Gasteiger partial charge in [-0.1, -0.05) is 30.2 Å². The predicted molar refractivity (Wildman–Crippen MR) is 121 cm³/mol. The molecule has 1 aromatic heterocycles. The number of anilines is 1. The highest BCUT2D eigenvalue weighted by Crippen LogP contribution is 2.22. The monoisotopic (exact) mass is 436 g/mol. The van der Waals surface area contributed by atoms with Crippen molar-refractivity contribution in [2.45, 2.75) is 30.0 Å². The summed E-state index contributed by atoms with van der Waals surface area (Å²) in [5.74, 6) is 6.12. The van der Waals surface area contributed by atoms with Gasteiger partial charge < -0.3 is 16.6 Å². The molecule has 1 heterocycles. The first-order valence-electron chi connectivity index (χ1n) is 9.67. The molecule has 0 aliphatic rings. The highest BCUT2D eigenvalue weighted by molar-refractivity contribution is 7.92. The molecule has 0 amide bonds. The molecule has 1 atom stereocenters. The van der Waals surface area contributed by atoms with E-state index in [-0.39, 0.29) is 17.3 Å². The molecule has 3 aromatic rings.